The molecule has 1 fully saturated rings. The third-order valence-electron chi connectivity index (χ3n) is 14.5. The second-order valence-corrected chi connectivity index (χ2v) is 19.0. The molecule has 6 aromatic rings. The van der Waals surface area contributed by atoms with Crippen molar-refractivity contribution in [1.29, 1.82) is 5.26 Å². The van der Waals surface area contributed by atoms with Gasteiger partial charge in [0.15, 0.2) is 11.5 Å². The largest absolute Gasteiger partial charge is 0.459 e. The minimum atomic E-state index is -1.53. The molecule has 10 rings (SSSR count). The second-order valence-electron chi connectivity index (χ2n) is 19.0. The summed E-state index contributed by atoms with van der Waals surface area (Å²) in [5.74, 6) is 0.500. The van der Waals surface area contributed by atoms with Gasteiger partial charge in [0, 0.05) is 43.2 Å². The number of amides is 1. The fraction of sp³-hybridized carbons (Fsp3) is 0.317. The quantitative estimate of drug-likeness (QED) is 0.0430. The lowest BCUT2D eigenvalue weighted by molar-refractivity contribution is -0.255. The number of carbonyl (C=O) groups excluding carboxylic acids is 1. The molecule has 0 bridgehead atoms. The fourth-order valence-corrected chi connectivity index (χ4v) is 11.3. The summed E-state index contributed by atoms with van der Waals surface area (Å²) in [7, 11) is 0. The smallest absolute Gasteiger partial charge is 0.254 e. The van der Waals surface area contributed by atoms with Gasteiger partial charge in [-0.05, 0) is 132 Å². The molecule has 12 nitrogen and oxygen atoms in total. The molecule has 0 radical (unpaired) electrons. The highest BCUT2D eigenvalue weighted by Gasteiger charge is 2.65. The zero-order valence-electron chi connectivity index (χ0n) is 40.2. The molecule has 0 saturated heterocycles. The molecule has 72 heavy (non-hydrogen) atoms. The lowest BCUT2D eigenvalue weighted by Crippen LogP contribution is -2.70. The lowest BCUT2D eigenvalue weighted by Gasteiger charge is -2.60. The van der Waals surface area contributed by atoms with Crippen LogP contribution in [0, 0.1) is 29.1 Å². The molecule has 1 saturated carbocycles. The Hall–Kier alpha value is -7.43. The Bertz CT molecular complexity index is 3000. The van der Waals surface area contributed by atoms with Gasteiger partial charge in [-0.2, -0.15) is 5.26 Å². The first-order chi connectivity index (χ1) is 35.4. The van der Waals surface area contributed by atoms with Gasteiger partial charge in [0.25, 0.3) is 5.91 Å². The minimum Gasteiger partial charge on any atom is -0.459 e. The van der Waals surface area contributed by atoms with E-state index in [1.54, 1.807) is 30.3 Å². The van der Waals surface area contributed by atoms with E-state index in [0.29, 0.717) is 58.4 Å². The summed E-state index contributed by atoms with van der Waals surface area (Å²) < 4.78 is 33.1. The number of carbonyl (C=O) groups is 1. The zero-order chi connectivity index (χ0) is 49.4. The number of rotatable bonds is 20. The summed E-state index contributed by atoms with van der Waals surface area (Å²) in [6, 6.07) is 43.8. The average Bonchev–Trinajstić information content (AvgIpc) is 3.89. The SMILES string of the molecule is C=CCOC12Oc3ccc(Oc4ccc5ccccc5c4)cc3C3C(CCCCO)C(CCCCO)C=C(C(=NOCc4ccccc4)CC1N(Cc1ccc4c(c1)OCO4)C(=O)c1ccc(C#N)cc1)C32. The van der Waals surface area contributed by atoms with Crippen molar-refractivity contribution in [3.63, 3.8) is 0 Å². The van der Waals surface area contributed by atoms with Crippen molar-refractivity contribution in [3.8, 4) is 34.8 Å². The Morgan fingerprint density at radius 2 is 1.54 bits per heavy atom. The molecule has 1 amide bonds. The van der Waals surface area contributed by atoms with E-state index in [4.69, 9.17) is 33.7 Å². The van der Waals surface area contributed by atoms with Crippen LogP contribution in [0.1, 0.15) is 83.5 Å². The van der Waals surface area contributed by atoms with Crippen molar-refractivity contribution in [3.05, 3.63) is 186 Å². The third kappa shape index (κ3) is 9.93. The Morgan fingerprint density at radius 1 is 0.806 bits per heavy atom. The van der Waals surface area contributed by atoms with Gasteiger partial charge in [-0.25, -0.2) is 0 Å². The van der Waals surface area contributed by atoms with Gasteiger partial charge >= 0.3 is 0 Å². The highest BCUT2D eigenvalue weighted by atomic mass is 16.7. The first kappa shape index (κ1) is 48.2. The number of nitriles is 1. The summed E-state index contributed by atoms with van der Waals surface area (Å²) in [6.45, 7) is 4.79. The summed E-state index contributed by atoms with van der Waals surface area (Å²) in [4.78, 5) is 23.8. The summed E-state index contributed by atoms with van der Waals surface area (Å²) in [5, 5.41) is 37.2. The number of aliphatic hydroxyl groups is 2. The average molecular weight is 966 g/mol. The number of aliphatic hydroxyl groups excluding tert-OH is 2. The van der Waals surface area contributed by atoms with E-state index >= 15 is 4.79 Å². The molecule has 2 heterocycles. The van der Waals surface area contributed by atoms with Crippen LogP contribution in [0.2, 0.25) is 0 Å². The molecule has 4 aliphatic rings. The maximum atomic E-state index is 15.6. The minimum absolute atomic E-state index is 0.00366. The summed E-state index contributed by atoms with van der Waals surface area (Å²) in [5.41, 5.74) is 5.08. The van der Waals surface area contributed by atoms with Crippen molar-refractivity contribution in [2.24, 2.45) is 22.9 Å². The van der Waals surface area contributed by atoms with Gasteiger partial charge in [0.2, 0.25) is 12.6 Å². The topological polar surface area (TPSA) is 152 Å². The van der Waals surface area contributed by atoms with Gasteiger partial charge < -0.3 is 43.6 Å². The Kier molecular flexibility index (Phi) is 14.7. The van der Waals surface area contributed by atoms with Crippen LogP contribution in [0.3, 0.4) is 0 Å². The molecule has 6 unspecified atom stereocenters. The second kappa shape index (κ2) is 21.9. The molecule has 6 aromatic carbocycles. The van der Waals surface area contributed by atoms with Crippen LogP contribution in [0.25, 0.3) is 10.8 Å². The number of benzene rings is 6. The fourth-order valence-electron chi connectivity index (χ4n) is 11.3. The normalized spacial score (nSPS) is 21.9. The van der Waals surface area contributed by atoms with Crippen LogP contribution < -0.4 is 18.9 Å². The highest BCUT2D eigenvalue weighted by molar-refractivity contribution is 6.03. The molecule has 12 heteroatoms. The Labute approximate surface area is 420 Å². The first-order valence-corrected chi connectivity index (χ1v) is 25.0. The summed E-state index contributed by atoms with van der Waals surface area (Å²) in [6.07, 6.45) is 8.66. The van der Waals surface area contributed by atoms with Crippen LogP contribution in [-0.4, -0.2) is 65.2 Å². The standard InChI is InChI=1S/C60H59N3O9/c1-2-30-69-60-56(63(59(66)44-21-18-40(36-61)19-22-44)37-42-20-26-54-55(31-42)68-39-67-54)35-52(62-70-38-41-12-4-3-5-13-41)50-33-46(16-8-10-28-64)49(17-9-11-29-65)57(58(50)60)51-34-48(25-27-53(51)72-60)71-47-24-23-43-14-6-7-15-45(43)32-47/h2-7,12-15,18-27,31-34,46,49,56-58,64-65H,1,8-11,16-17,28-30,35,37-39H2. The van der Waals surface area contributed by atoms with Crippen LogP contribution in [0.4, 0.5) is 0 Å². The third-order valence-corrected chi connectivity index (χ3v) is 14.5. The molecule has 0 aromatic heterocycles. The molecular weight excluding hydrogens is 907 g/mol. The number of allylic oxidation sites excluding steroid dienone is 1. The van der Waals surface area contributed by atoms with E-state index in [1.807, 2.05) is 89.8 Å². The van der Waals surface area contributed by atoms with E-state index in [1.165, 1.54) is 0 Å². The Balaban J connectivity index is 1.18. The monoisotopic (exact) mass is 965 g/mol. The molecule has 2 aliphatic heterocycles. The van der Waals surface area contributed by atoms with Crippen LogP contribution in [0.15, 0.2) is 163 Å². The van der Waals surface area contributed by atoms with Gasteiger partial charge in [-0.3, -0.25) is 4.79 Å². The van der Waals surface area contributed by atoms with E-state index in [9.17, 15) is 15.5 Å². The summed E-state index contributed by atoms with van der Waals surface area (Å²) >= 11 is 0. The van der Waals surface area contributed by atoms with Gasteiger partial charge in [0.05, 0.1) is 29.9 Å². The van der Waals surface area contributed by atoms with Crippen molar-refractivity contribution >= 4 is 22.4 Å². The van der Waals surface area contributed by atoms with Crippen LogP contribution in [0.5, 0.6) is 28.7 Å². The predicted octanol–water partition coefficient (Wildman–Crippen LogP) is 11.4. The number of ether oxygens (including phenoxy) is 5. The van der Waals surface area contributed by atoms with Crippen molar-refractivity contribution in [2.75, 3.05) is 26.6 Å². The maximum absolute atomic E-state index is 15.6. The van der Waals surface area contributed by atoms with Gasteiger partial charge in [0.1, 0.15) is 29.9 Å². The number of hydrogen-bond acceptors (Lipinski definition) is 11. The maximum Gasteiger partial charge on any atom is 0.254 e. The van der Waals surface area contributed by atoms with Gasteiger partial charge in [-0.15, -0.1) is 6.58 Å². The number of nitrogens with zero attached hydrogens (tertiary/aromatic N) is 3. The number of hydrogen-bond donors (Lipinski definition) is 2. The number of unbranched alkanes of at least 4 members (excludes halogenated alkanes) is 2. The van der Waals surface area contributed by atoms with Crippen LogP contribution in [-0.2, 0) is 22.7 Å². The predicted molar refractivity (Wildman–Crippen MR) is 274 cm³/mol. The van der Waals surface area contributed by atoms with E-state index in [-0.39, 0.29) is 69.8 Å². The molecular formula is C60H59N3O9. The van der Waals surface area contributed by atoms with Crippen molar-refractivity contribution in [1.82, 2.24) is 4.90 Å². The Morgan fingerprint density at radius 3 is 2.33 bits per heavy atom. The molecule has 0 spiro atoms. The first-order valence-electron chi connectivity index (χ1n) is 25.0. The lowest BCUT2D eigenvalue weighted by atomic mass is 9.55. The molecule has 6 atom stereocenters. The number of oxime groups is 1. The molecule has 2 aliphatic carbocycles. The van der Waals surface area contributed by atoms with Crippen molar-refractivity contribution in [2.45, 2.75) is 75.8 Å². The zero-order valence-corrected chi connectivity index (χ0v) is 40.2. The van der Waals surface area contributed by atoms with E-state index in [0.717, 1.165) is 58.7 Å². The number of fused-ring (bicyclic) bond motifs is 4. The highest BCUT2D eigenvalue weighted by Crippen LogP contribution is 2.62. The van der Waals surface area contributed by atoms with Gasteiger partial charge in [-0.1, -0.05) is 96.9 Å². The molecule has 2 N–H and O–H groups in total. The van der Waals surface area contributed by atoms with Crippen LogP contribution >= 0.6 is 0 Å². The van der Waals surface area contributed by atoms with Crippen molar-refractivity contribution < 1.29 is 43.5 Å². The van der Waals surface area contributed by atoms with E-state index in [2.05, 4.69) is 43.0 Å². The van der Waals surface area contributed by atoms with E-state index < -0.39 is 17.7 Å². The molecule has 368 valence electrons.